The zero-order chi connectivity index (χ0) is 21.6. The van der Waals surface area contributed by atoms with E-state index in [0.29, 0.717) is 24.6 Å². The molecule has 0 bridgehead atoms. The molecule has 0 radical (unpaired) electrons. The molecule has 2 fully saturated rings. The highest BCUT2D eigenvalue weighted by Gasteiger charge is 2.55. The van der Waals surface area contributed by atoms with Crippen LogP contribution in [-0.2, 0) is 28.1 Å². The number of aromatic nitrogens is 3. The van der Waals surface area contributed by atoms with Crippen LogP contribution in [0.15, 0.2) is 30.5 Å². The molecule has 1 aromatic heterocycles. The highest BCUT2D eigenvalue weighted by atomic mass is 16.2. The van der Waals surface area contributed by atoms with Gasteiger partial charge >= 0.3 is 6.03 Å². The summed E-state index contributed by atoms with van der Waals surface area (Å²) in [4.78, 5) is 42.3. The molecule has 1 saturated carbocycles. The normalized spacial score (nSPS) is 23.6. The van der Waals surface area contributed by atoms with Gasteiger partial charge < -0.3 is 10.2 Å². The minimum Gasteiger partial charge on any atom is -0.332 e. The van der Waals surface area contributed by atoms with Gasteiger partial charge in [-0.15, -0.1) is 5.10 Å². The van der Waals surface area contributed by atoms with Gasteiger partial charge in [-0.1, -0.05) is 35.9 Å². The van der Waals surface area contributed by atoms with E-state index < -0.39 is 11.6 Å². The smallest absolute Gasteiger partial charge is 0.325 e. The summed E-state index contributed by atoms with van der Waals surface area (Å²) in [6, 6.07) is 7.18. The molecule has 3 aliphatic rings. The molecule has 1 aromatic carbocycles. The van der Waals surface area contributed by atoms with Gasteiger partial charge in [0.25, 0.3) is 5.91 Å². The lowest BCUT2D eigenvalue weighted by atomic mass is 9.79. The largest absolute Gasteiger partial charge is 0.332 e. The van der Waals surface area contributed by atoms with Crippen LogP contribution in [0.5, 0.6) is 0 Å². The topological polar surface area (TPSA) is 111 Å². The number of rotatable bonds is 6. The van der Waals surface area contributed by atoms with Crippen molar-refractivity contribution >= 4 is 17.8 Å². The molecular weight excluding hydrogens is 396 g/mol. The molecule has 31 heavy (non-hydrogen) atoms. The van der Waals surface area contributed by atoms with Gasteiger partial charge in [-0.3, -0.25) is 19.6 Å². The molecule has 2 atom stereocenters. The summed E-state index contributed by atoms with van der Waals surface area (Å²) in [7, 11) is 0. The van der Waals surface area contributed by atoms with Crippen LogP contribution in [0, 0.1) is 5.92 Å². The first-order valence-corrected chi connectivity index (χ1v) is 10.9. The van der Waals surface area contributed by atoms with E-state index >= 15 is 0 Å². The summed E-state index contributed by atoms with van der Waals surface area (Å²) in [5.41, 5.74) is 1.50. The number of amides is 4. The fourth-order valence-corrected chi connectivity index (χ4v) is 5.07. The Balaban J connectivity index is 1.37. The van der Waals surface area contributed by atoms with Gasteiger partial charge in [-0.05, 0) is 49.7 Å². The van der Waals surface area contributed by atoms with E-state index in [1.165, 1.54) is 0 Å². The third-order valence-electron chi connectivity index (χ3n) is 7.16. The van der Waals surface area contributed by atoms with Gasteiger partial charge in [0.1, 0.15) is 17.8 Å². The Kier molecular flexibility index (Phi) is 4.75. The minimum atomic E-state index is -1.05. The Bertz CT molecular complexity index is 1020. The van der Waals surface area contributed by atoms with Crippen molar-refractivity contribution in [2.75, 3.05) is 6.54 Å². The van der Waals surface area contributed by atoms with E-state index in [9.17, 15) is 14.4 Å². The van der Waals surface area contributed by atoms with Gasteiger partial charge in [-0.2, -0.15) is 0 Å². The lowest BCUT2D eigenvalue weighted by molar-refractivity contribution is -0.142. The number of urea groups is 1. The molecular formula is C22H26N6O3. The van der Waals surface area contributed by atoms with Crippen LogP contribution in [0.4, 0.5) is 4.79 Å². The molecule has 4 amide bonds. The SMILES string of the molecule is C[C@@H](C1CCC1)N(Cc1c[nH]nn1)C(=O)CN1C(=O)NC2(CCc3ccccc32)C1=O. The number of nitrogens with one attached hydrogen (secondary N) is 2. The zero-order valence-electron chi connectivity index (χ0n) is 17.5. The third-order valence-corrected chi connectivity index (χ3v) is 7.16. The first kappa shape index (κ1) is 19.7. The number of fused-ring (bicyclic) bond motifs is 2. The van der Waals surface area contributed by atoms with Crippen molar-refractivity contribution in [3.8, 4) is 0 Å². The Morgan fingerprint density at radius 3 is 2.84 bits per heavy atom. The maximum Gasteiger partial charge on any atom is 0.325 e. The number of aromatic amines is 1. The summed E-state index contributed by atoms with van der Waals surface area (Å²) in [5, 5.41) is 13.3. The number of imide groups is 1. The summed E-state index contributed by atoms with van der Waals surface area (Å²) in [6.07, 6.45) is 6.21. The van der Waals surface area contributed by atoms with Crippen LogP contribution in [0.3, 0.4) is 0 Å². The first-order chi connectivity index (χ1) is 15.0. The molecule has 5 rings (SSSR count). The number of H-pyrrole nitrogens is 1. The Hall–Kier alpha value is -3.23. The molecule has 2 aliphatic carbocycles. The second kappa shape index (κ2) is 7.47. The molecule has 2 N–H and O–H groups in total. The fourth-order valence-electron chi connectivity index (χ4n) is 5.07. The van der Waals surface area contributed by atoms with Crippen molar-refractivity contribution < 1.29 is 14.4 Å². The minimum absolute atomic E-state index is 0.000108. The van der Waals surface area contributed by atoms with Crippen molar-refractivity contribution in [1.82, 2.24) is 30.5 Å². The summed E-state index contributed by atoms with van der Waals surface area (Å²) >= 11 is 0. The van der Waals surface area contributed by atoms with E-state index in [1.54, 1.807) is 11.1 Å². The molecule has 1 spiro atoms. The number of benzene rings is 1. The van der Waals surface area contributed by atoms with Gasteiger partial charge in [-0.25, -0.2) is 4.79 Å². The zero-order valence-corrected chi connectivity index (χ0v) is 17.5. The van der Waals surface area contributed by atoms with Crippen LogP contribution in [0.2, 0.25) is 0 Å². The standard InChI is InChI=1S/C22H26N6O3/c1-14(15-6-4-7-15)27(12-17-11-23-26-25-17)19(29)13-28-20(30)22(24-21(28)31)10-9-16-5-2-3-8-18(16)22/h2-3,5,8,11,14-15H,4,6-7,9-10,12-13H2,1H3,(H,24,31)(H,23,25,26)/t14-,22?/m0/s1. The fraction of sp³-hybridized carbons (Fsp3) is 0.500. The highest BCUT2D eigenvalue weighted by molar-refractivity contribution is 6.09. The second-order valence-electron chi connectivity index (χ2n) is 8.80. The molecule has 9 nitrogen and oxygen atoms in total. The first-order valence-electron chi connectivity index (χ1n) is 10.9. The number of carbonyl (C=O) groups excluding carboxylic acids is 3. The average molecular weight is 422 g/mol. The maximum absolute atomic E-state index is 13.4. The lowest BCUT2D eigenvalue weighted by Gasteiger charge is -2.39. The van der Waals surface area contributed by atoms with E-state index in [4.69, 9.17) is 0 Å². The molecule has 2 aromatic rings. The number of aryl methyl sites for hydroxylation is 1. The van der Waals surface area contributed by atoms with Crippen LogP contribution in [-0.4, -0.2) is 55.6 Å². The van der Waals surface area contributed by atoms with Crippen molar-refractivity contribution in [2.24, 2.45) is 5.92 Å². The molecule has 1 unspecified atom stereocenters. The Morgan fingerprint density at radius 1 is 1.32 bits per heavy atom. The Morgan fingerprint density at radius 2 is 2.13 bits per heavy atom. The molecule has 1 aliphatic heterocycles. The van der Waals surface area contributed by atoms with Crippen molar-refractivity contribution in [2.45, 2.75) is 57.2 Å². The van der Waals surface area contributed by atoms with Crippen LogP contribution < -0.4 is 5.32 Å². The van der Waals surface area contributed by atoms with Crippen molar-refractivity contribution in [3.05, 3.63) is 47.3 Å². The second-order valence-corrected chi connectivity index (χ2v) is 8.80. The number of carbonyl (C=O) groups is 3. The maximum atomic E-state index is 13.4. The van der Waals surface area contributed by atoms with Crippen LogP contribution >= 0.6 is 0 Å². The third kappa shape index (κ3) is 3.19. The van der Waals surface area contributed by atoms with E-state index in [-0.39, 0.29) is 24.4 Å². The molecule has 1 saturated heterocycles. The predicted molar refractivity (Wildman–Crippen MR) is 110 cm³/mol. The lowest BCUT2D eigenvalue weighted by Crippen LogP contribution is -2.49. The summed E-state index contributed by atoms with van der Waals surface area (Å²) in [6.45, 7) is 2.05. The van der Waals surface area contributed by atoms with E-state index in [1.807, 2.05) is 31.2 Å². The number of hydrogen-bond acceptors (Lipinski definition) is 5. The monoisotopic (exact) mass is 422 g/mol. The predicted octanol–water partition coefficient (Wildman–Crippen LogP) is 1.72. The number of hydrogen-bond donors (Lipinski definition) is 2. The Labute approximate surface area is 180 Å². The van der Waals surface area contributed by atoms with Crippen LogP contribution in [0.25, 0.3) is 0 Å². The number of nitrogens with zero attached hydrogens (tertiary/aromatic N) is 4. The van der Waals surface area contributed by atoms with Gasteiger partial charge in [0.05, 0.1) is 6.54 Å². The van der Waals surface area contributed by atoms with E-state index in [0.717, 1.165) is 41.7 Å². The van der Waals surface area contributed by atoms with Gasteiger partial charge in [0.15, 0.2) is 0 Å². The van der Waals surface area contributed by atoms with Crippen molar-refractivity contribution in [3.63, 3.8) is 0 Å². The van der Waals surface area contributed by atoms with E-state index in [2.05, 4.69) is 20.7 Å². The quantitative estimate of drug-likeness (QED) is 0.689. The van der Waals surface area contributed by atoms with Gasteiger partial charge in [0, 0.05) is 12.2 Å². The summed E-state index contributed by atoms with van der Waals surface area (Å²) < 4.78 is 0. The van der Waals surface area contributed by atoms with Crippen LogP contribution in [0.1, 0.15) is 49.4 Å². The molecule has 2 heterocycles. The van der Waals surface area contributed by atoms with Crippen molar-refractivity contribution in [1.29, 1.82) is 0 Å². The molecule has 9 heteroatoms. The highest BCUT2D eigenvalue weighted by Crippen LogP contribution is 2.41. The van der Waals surface area contributed by atoms with Gasteiger partial charge in [0.2, 0.25) is 5.91 Å². The average Bonchev–Trinajstić information content (AvgIpc) is 3.41. The summed E-state index contributed by atoms with van der Waals surface area (Å²) in [5.74, 6) is -0.172. The molecule has 162 valence electrons.